The molecule has 7 heterocycles. The van der Waals surface area contributed by atoms with Crippen molar-refractivity contribution < 1.29 is 47.8 Å². The number of likely N-dealkylation sites (tertiary alicyclic amines) is 1. The largest absolute Gasteiger partial charge is 0.489 e. The molecule has 17 nitrogen and oxygen atoms in total. The number of carbonyl (C=O) groups excluding carboxylic acids is 8. The van der Waals surface area contributed by atoms with Crippen molar-refractivity contribution in [1.29, 1.82) is 0 Å². The van der Waals surface area contributed by atoms with Gasteiger partial charge in [-0.1, -0.05) is 12.1 Å². The lowest BCUT2D eigenvalue weighted by molar-refractivity contribution is -0.137. The van der Waals surface area contributed by atoms with Gasteiger partial charge in [0, 0.05) is 50.6 Å². The van der Waals surface area contributed by atoms with Crippen molar-refractivity contribution in [3.8, 4) is 11.5 Å². The van der Waals surface area contributed by atoms with E-state index in [0.29, 0.717) is 11.5 Å². The third-order valence-corrected chi connectivity index (χ3v) is 11.7. The summed E-state index contributed by atoms with van der Waals surface area (Å²) < 4.78 is 12.0. The normalized spacial score (nSPS) is 23.8. The van der Waals surface area contributed by atoms with Crippen molar-refractivity contribution in [2.75, 3.05) is 26.2 Å². The third-order valence-electron chi connectivity index (χ3n) is 11.7. The predicted octanol–water partition coefficient (Wildman–Crippen LogP) is 2.12. The Labute approximate surface area is 348 Å². The Bertz CT molecular complexity index is 2540. The molecule has 312 valence electrons. The van der Waals surface area contributed by atoms with E-state index in [0.717, 1.165) is 66.3 Å². The van der Waals surface area contributed by atoms with E-state index in [9.17, 15) is 38.4 Å². The zero-order valence-electron chi connectivity index (χ0n) is 32.9. The Balaban J connectivity index is 0.000000167. The second kappa shape index (κ2) is 16.3. The number of carbonyl (C=O) groups is 8. The Morgan fingerprint density at radius 2 is 1.21 bits per heavy atom. The summed E-state index contributed by atoms with van der Waals surface area (Å²) in [6.07, 6.45) is 3.99. The summed E-state index contributed by atoms with van der Waals surface area (Å²) in [5.74, 6) is -3.06. The van der Waals surface area contributed by atoms with E-state index in [2.05, 4.69) is 44.0 Å². The Hall–Kier alpha value is -6.85. The van der Waals surface area contributed by atoms with Gasteiger partial charge in [0.2, 0.25) is 23.6 Å². The minimum absolute atomic E-state index is 0.0383. The molecule has 0 radical (unpaired) electrons. The Kier molecular flexibility index (Phi) is 10.6. The molecule has 0 spiro atoms. The Morgan fingerprint density at radius 1 is 0.623 bits per heavy atom. The lowest BCUT2D eigenvalue weighted by Crippen LogP contribution is -2.54. The first kappa shape index (κ1) is 39.6. The van der Waals surface area contributed by atoms with E-state index in [1.54, 1.807) is 42.6 Å². The van der Waals surface area contributed by atoms with Gasteiger partial charge in [0.1, 0.15) is 35.8 Å². The number of aromatic nitrogens is 1. The van der Waals surface area contributed by atoms with Gasteiger partial charge >= 0.3 is 0 Å². The number of pyridine rings is 1. The minimum Gasteiger partial charge on any atom is -0.489 e. The zero-order chi connectivity index (χ0) is 42.4. The van der Waals surface area contributed by atoms with Gasteiger partial charge in [-0.2, -0.15) is 0 Å². The number of nitrogens with zero attached hydrogens (tertiary/aromatic N) is 4. The van der Waals surface area contributed by atoms with Crippen molar-refractivity contribution in [3.05, 3.63) is 101 Å². The van der Waals surface area contributed by atoms with Crippen molar-refractivity contribution in [2.45, 2.75) is 69.4 Å². The number of hydrogen-bond acceptors (Lipinski definition) is 13. The molecule has 8 amide bonds. The van der Waals surface area contributed by atoms with Gasteiger partial charge in [0.15, 0.2) is 0 Å². The maximum absolute atomic E-state index is 13.0. The fraction of sp³-hybridized carbons (Fsp3) is 0.341. The molecule has 3 aromatic carbocycles. The maximum Gasteiger partial charge on any atom is 0.262 e. The molecule has 10 rings (SSSR count). The number of piperidine rings is 2. The number of rotatable bonds is 8. The molecule has 4 saturated heterocycles. The van der Waals surface area contributed by atoms with Crippen LogP contribution in [0.25, 0.3) is 10.9 Å². The number of imide groups is 4. The van der Waals surface area contributed by atoms with Gasteiger partial charge in [0.25, 0.3) is 23.6 Å². The second-order valence-electron chi connectivity index (χ2n) is 15.8. The average Bonchev–Trinajstić information content (AvgIpc) is 4.03. The van der Waals surface area contributed by atoms with Crippen molar-refractivity contribution >= 4 is 58.2 Å². The number of amides is 8. The van der Waals surface area contributed by atoms with Crippen LogP contribution in [0, 0.1) is 0 Å². The summed E-state index contributed by atoms with van der Waals surface area (Å²) in [5.41, 5.74) is 3.15. The van der Waals surface area contributed by atoms with Crippen molar-refractivity contribution in [3.63, 3.8) is 0 Å². The summed E-state index contributed by atoms with van der Waals surface area (Å²) in [5, 5.41) is 8.69. The number of nitrogens with one attached hydrogen (secondary N) is 3. The van der Waals surface area contributed by atoms with Crippen LogP contribution in [0.4, 0.5) is 0 Å². The smallest absolute Gasteiger partial charge is 0.262 e. The summed E-state index contributed by atoms with van der Waals surface area (Å²) in [7, 11) is 0. The molecule has 6 aliphatic rings. The quantitative estimate of drug-likeness (QED) is 0.218. The first-order valence-electron chi connectivity index (χ1n) is 20.3. The summed E-state index contributed by atoms with van der Waals surface area (Å²) in [4.78, 5) is 107. The predicted molar refractivity (Wildman–Crippen MR) is 214 cm³/mol. The summed E-state index contributed by atoms with van der Waals surface area (Å²) >= 11 is 0. The van der Waals surface area contributed by atoms with E-state index in [1.165, 1.54) is 5.56 Å². The molecular weight excluding hydrogens is 787 g/mol. The molecule has 4 aromatic rings. The fourth-order valence-electron chi connectivity index (χ4n) is 8.68. The average molecular weight is 828 g/mol. The number of ether oxygens (including phenoxy) is 2. The third kappa shape index (κ3) is 7.84. The molecule has 0 bridgehead atoms. The molecule has 6 aliphatic heterocycles. The van der Waals surface area contributed by atoms with Gasteiger partial charge in [-0.3, -0.25) is 68.7 Å². The maximum atomic E-state index is 13.0. The topological polar surface area (TPSA) is 214 Å². The molecular formula is C44H41N7O10. The fourth-order valence-corrected chi connectivity index (χ4v) is 8.68. The summed E-state index contributed by atoms with van der Waals surface area (Å²) in [6.45, 7) is 4.07. The lowest BCUT2D eigenvalue weighted by atomic mass is 10.0. The molecule has 1 aromatic heterocycles. The monoisotopic (exact) mass is 827 g/mol. The number of hydrogen-bond donors (Lipinski definition) is 3. The van der Waals surface area contributed by atoms with Gasteiger partial charge in [-0.15, -0.1) is 0 Å². The van der Waals surface area contributed by atoms with Crippen LogP contribution in [0.15, 0.2) is 72.9 Å². The van der Waals surface area contributed by atoms with Crippen molar-refractivity contribution in [2.24, 2.45) is 0 Å². The zero-order valence-corrected chi connectivity index (χ0v) is 32.9. The highest BCUT2D eigenvalue weighted by Gasteiger charge is 2.46. The molecule has 4 fully saturated rings. The Morgan fingerprint density at radius 3 is 1.79 bits per heavy atom. The standard InChI is InChI=1S/C27H24N4O5.C17H17N3O5/c32-24-8-7-23(25(33)29-24)31-26(34)20-5-4-18(13-21(20)27(31)35)36-19-9-11-30(15-19)14-16-3-6-22-17(12-16)2-1-10-28-22;21-14-4-3-13(15(22)19-14)20-16(23)11-2-1-9(7-12(11)17(20)24)25-10-5-6-18-8-10/h1-6,10,12-13,19,23H,7-9,11,14-15H2,(H,29,32,33);1-2,7,10,13,18H,3-6,8H2,(H,19,21,22)/t19-,23?;10-,13?/m11/s1. The highest BCUT2D eigenvalue weighted by atomic mass is 16.5. The van der Waals surface area contributed by atoms with E-state index >= 15 is 0 Å². The highest BCUT2D eigenvalue weighted by Crippen LogP contribution is 2.33. The van der Waals surface area contributed by atoms with Gasteiger partial charge in [-0.05, 0) is 92.4 Å². The van der Waals surface area contributed by atoms with Crippen LogP contribution in [-0.4, -0.2) is 117 Å². The van der Waals surface area contributed by atoms with Crippen LogP contribution in [-0.2, 0) is 25.7 Å². The molecule has 0 saturated carbocycles. The van der Waals surface area contributed by atoms with Crippen LogP contribution in [0.1, 0.15) is 85.5 Å². The summed E-state index contributed by atoms with van der Waals surface area (Å²) in [6, 6.07) is 18.0. The minimum atomic E-state index is -0.978. The lowest BCUT2D eigenvalue weighted by Gasteiger charge is -2.27. The first-order chi connectivity index (χ1) is 29.5. The van der Waals surface area contributed by atoms with E-state index in [-0.39, 0.29) is 60.1 Å². The molecule has 61 heavy (non-hydrogen) atoms. The van der Waals surface area contributed by atoms with E-state index in [1.807, 2.05) is 12.1 Å². The SMILES string of the molecule is O=C1CCC(N2C(=O)c3ccc(O[C@@H]4CCN(Cc5ccc6ncccc6c5)C4)cc3C2=O)C(=O)N1.O=C1CCC(N2C(=O)c3ccc(O[C@@H]4CCNC4)cc3C2=O)C(=O)N1. The molecule has 0 aliphatic carbocycles. The first-order valence-corrected chi connectivity index (χ1v) is 20.3. The van der Waals surface area contributed by atoms with Gasteiger partial charge in [0.05, 0.1) is 27.8 Å². The van der Waals surface area contributed by atoms with Crippen LogP contribution in [0.2, 0.25) is 0 Å². The van der Waals surface area contributed by atoms with Crippen LogP contribution in [0.5, 0.6) is 11.5 Å². The van der Waals surface area contributed by atoms with Crippen LogP contribution >= 0.6 is 0 Å². The molecule has 2 unspecified atom stereocenters. The van der Waals surface area contributed by atoms with E-state index < -0.39 is 59.3 Å². The van der Waals surface area contributed by atoms with Gasteiger partial charge in [-0.25, -0.2) is 0 Å². The van der Waals surface area contributed by atoms with Crippen molar-refractivity contribution in [1.82, 2.24) is 35.6 Å². The van der Waals surface area contributed by atoms with E-state index in [4.69, 9.17) is 9.47 Å². The molecule has 4 atom stereocenters. The second-order valence-corrected chi connectivity index (χ2v) is 15.8. The van der Waals surface area contributed by atoms with Crippen LogP contribution in [0.3, 0.4) is 0 Å². The number of fused-ring (bicyclic) bond motifs is 3. The van der Waals surface area contributed by atoms with Crippen LogP contribution < -0.4 is 25.4 Å². The molecule has 3 N–H and O–H groups in total. The highest BCUT2D eigenvalue weighted by molar-refractivity contribution is 6.24. The number of benzene rings is 3. The van der Waals surface area contributed by atoms with Gasteiger partial charge < -0.3 is 14.8 Å². The molecule has 17 heteroatoms.